The number of carbonyl (C=O) groups excluding carboxylic acids is 1. The fourth-order valence-electron chi connectivity index (χ4n) is 1.70. The average molecular weight is 249 g/mol. The summed E-state index contributed by atoms with van der Waals surface area (Å²) in [6.07, 6.45) is 2.30. The summed E-state index contributed by atoms with van der Waals surface area (Å²) in [4.78, 5) is 22.2. The summed E-state index contributed by atoms with van der Waals surface area (Å²) < 4.78 is 0. The lowest BCUT2D eigenvalue weighted by Gasteiger charge is -2.06. The minimum absolute atomic E-state index is 0.0865. The summed E-state index contributed by atoms with van der Waals surface area (Å²) in [7, 11) is 1.61. The van der Waals surface area contributed by atoms with Gasteiger partial charge in [-0.1, -0.05) is 0 Å². The lowest BCUT2D eigenvalue weighted by atomic mass is 10.1. The number of rotatable bonds is 5. The number of hydrogen-bond donors (Lipinski definition) is 2. The Morgan fingerprint density at radius 1 is 1.50 bits per heavy atom. The van der Waals surface area contributed by atoms with Gasteiger partial charge in [0.25, 0.3) is 11.6 Å². The van der Waals surface area contributed by atoms with Crippen LogP contribution < -0.4 is 10.6 Å². The molecule has 1 fully saturated rings. The first kappa shape index (κ1) is 12.3. The van der Waals surface area contributed by atoms with Crippen molar-refractivity contribution in [1.82, 2.24) is 5.32 Å². The average Bonchev–Trinajstić information content (AvgIpc) is 3.19. The van der Waals surface area contributed by atoms with Crippen molar-refractivity contribution in [3.63, 3.8) is 0 Å². The summed E-state index contributed by atoms with van der Waals surface area (Å²) in [5.41, 5.74) is 0.636. The van der Waals surface area contributed by atoms with Gasteiger partial charge in [-0.15, -0.1) is 0 Å². The Balaban J connectivity index is 2.14. The number of hydrogen-bond acceptors (Lipinski definition) is 4. The van der Waals surface area contributed by atoms with Crippen molar-refractivity contribution in [1.29, 1.82) is 0 Å². The molecular formula is C12H15N3O3. The van der Waals surface area contributed by atoms with E-state index >= 15 is 0 Å². The van der Waals surface area contributed by atoms with Crippen LogP contribution in [0.15, 0.2) is 18.2 Å². The molecule has 1 aliphatic rings. The zero-order valence-electron chi connectivity index (χ0n) is 10.1. The van der Waals surface area contributed by atoms with E-state index in [9.17, 15) is 14.9 Å². The van der Waals surface area contributed by atoms with E-state index in [1.165, 1.54) is 6.07 Å². The standard InChI is InChI=1S/C12H15N3O3/c1-13-10-5-4-9(6-11(10)15(17)18)12(16)14-7-8-2-3-8/h4-6,8,13H,2-3,7H2,1H3,(H,14,16). The maximum absolute atomic E-state index is 11.8. The molecule has 2 rings (SSSR count). The molecule has 0 bridgehead atoms. The monoisotopic (exact) mass is 249 g/mol. The third-order valence-corrected chi connectivity index (χ3v) is 2.97. The highest BCUT2D eigenvalue weighted by atomic mass is 16.6. The first-order chi connectivity index (χ1) is 8.61. The summed E-state index contributed by atoms with van der Waals surface area (Å²) in [6, 6.07) is 4.43. The number of anilines is 1. The molecule has 0 atom stereocenters. The van der Waals surface area contributed by atoms with E-state index in [2.05, 4.69) is 10.6 Å². The third-order valence-electron chi connectivity index (χ3n) is 2.97. The molecule has 2 N–H and O–H groups in total. The van der Waals surface area contributed by atoms with Gasteiger partial charge in [-0.25, -0.2) is 0 Å². The van der Waals surface area contributed by atoms with Gasteiger partial charge in [0.15, 0.2) is 0 Å². The molecule has 1 amide bonds. The van der Waals surface area contributed by atoms with E-state index in [-0.39, 0.29) is 11.6 Å². The van der Waals surface area contributed by atoms with Gasteiger partial charge < -0.3 is 10.6 Å². The second kappa shape index (κ2) is 5.03. The van der Waals surface area contributed by atoms with Gasteiger partial charge in [-0.05, 0) is 30.9 Å². The van der Waals surface area contributed by atoms with Crippen molar-refractivity contribution in [3.8, 4) is 0 Å². The van der Waals surface area contributed by atoms with Crippen LogP contribution in [0.25, 0.3) is 0 Å². The van der Waals surface area contributed by atoms with E-state index in [0.29, 0.717) is 23.7 Å². The van der Waals surface area contributed by atoms with Gasteiger partial charge in [0.2, 0.25) is 0 Å². The molecule has 1 saturated carbocycles. The van der Waals surface area contributed by atoms with Crippen molar-refractivity contribution in [3.05, 3.63) is 33.9 Å². The molecular weight excluding hydrogens is 234 g/mol. The number of nitrogens with one attached hydrogen (secondary N) is 2. The minimum Gasteiger partial charge on any atom is -0.383 e. The Hall–Kier alpha value is -2.11. The normalized spacial score (nSPS) is 14.1. The molecule has 0 spiro atoms. The topological polar surface area (TPSA) is 84.3 Å². The lowest BCUT2D eigenvalue weighted by Crippen LogP contribution is -2.25. The molecule has 1 aromatic rings. The Morgan fingerprint density at radius 3 is 2.78 bits per heavy atom. The zero-order chi connectivity index (χ0) is 13.1. The number of amides is 1. The van der Waals surface area contributed by atoms with Crippen LogP contribution >= 0.6 is 0 Å². The van der Waals surface area contributed by atoms with Crippen LogP contribution in [0.5, 0.6) is 0 Å². The molecule has 1 aliphatic carbocycles. The number of carbonyl (C=O) groups is 1. The molecule has 6 heteroatoms. The molecule has 0 saturated heterocycles. The van der Waals surface area contributed by atoms with Crippen LogP contribution in [0.4, 0.5) is 11.4 Å². The van der Waals surface area contributed by atoms with E-state index in [1.807, 2.05) is 0 Å². The number of nitrogens with zero attached hydrogens (tertiary/aromatic N) is 1. The molecule has 96 valence electrons. The van der Waals surface area contributed by atoms with Crippen LogP contribution in [0.1, 0.15) is 23.2 Å². The maximum Gasteiger partial charge on any atom is 0.293 e. The Bertz CT molecular complexity index is 483. The van der Waals surface area contributed by atoms with E-state index in [4.69, 9.17) is 0 Å². The largest absolute Gasteiger partial charge is 0.383 e. The minimum atomic E-state index is -0.497. The van der Waals surface area contributed by atoms with Crippen molar-refractivity contribution in [2.75, 3.05) is 18.9 Å². The highest BCUT2D eigenvalue weighted by Gasteiger charge is 2.22. The van der Waals surface area contributed by atoms with Gasteiger partial charge in [0.1, 0.15) is 5.69 Å². The number of nitro benzene ring substituents is 1. The first-order valence-electron chi connectivity index (χ1n) is 5.86. The first-order valence-corrected chi connectivity index (χ1v) is 5.86. The van der Waals surface area contributed by atoms with Crippen LogP contribution in [-0.2, 0) is 0 Å². The third kappa shape index (κ3) is 2.77. The van der Waals surface area contributed by atoms with Crippen molar-refractivity contribution in [2.24, 2.45) is 5.92 Å². The molecule has 0 aliphatic heterocycles. The molecule has 0 unspecified atom stereocenters. The second-order valence-electron chi connectivity index (χ2n) is 4.39. The van der Waals surface area contributed by atoms with Gasteiger partial charge in [-0.2, -0.15) is 0 Å². The highest BCUT2D eigenvalue weighted by Crippen LogP contribution is 2.28. The lowest BCUT2D eigenvalue weighted by molar-refractivity contribution is -0.384. The van der Waals surface area contributed by atoms with Gasteiger partial charge in [0, 0.05) is 25.2 Å². The highest BCUT2D eigenvalue weighted by molar-refractivity contribution is 5.95. The fourth-order valence-corrected chi connectivity index (χ4v) is 1.70. The molecule has 6 nitrogen and oxygen atoms in total. The van der Waals surface area contributed by atoms with Crippen LogP contribution in [0.3, 0.4) is 0 Å². The van der Waals surface area contributed by atoms with E-state index in [0.717, 1.165) is 12.8 Å². The maximum atomic E-state index is 11.8. The van der Waals surface area contributed by atoms with Crippen molar-refractivity contribution in [2.45, 2.75) is 12.8 Å². The molecule has 18 heavy (non-hydrogen) atoms. The Labute approximate surface area is 105 Å². The van der Waals surface area contributed by atoms with Crippen molar-refractivity contribution >= 4 is 17.3 Å². The summed E-state index contributed by atoms with van der Waals surface area (Å²) in [6.45, 7) is 0.653. The quantitative estimate of drug-likeness (QED) is 0.615. The van der Waals surface area contributed by atoms with Gasteiger partial charge in [0.05, 0.1) is 4.92 Å². The van der Waals surface area contributed by atoms with Gasteiger partial charge >= 0.3 is 0 Å². The number of benzene rings is 1. The van der Waals surface area contributed by atoms with Gasteiger partial charge in [-0.3, -0.25) is 14.9 Å². The number of nitro groups is 1. The zero-order valence-corrected chi connectivity index (χ0v) is 10.1. The Kier molecular flexibility index (Phi) is 3.45. The second-order valence-corrected chi connectivity index (χ2v) is 4.39. The molecule has 0 radical (unpaired) electrons. The fraction of sp³-hybridized carbons (Fsp3) is 0.417. The van der Waals surface area contributed by atoms with E-state index in [1.54, 1.807) is 19.2 Å². The van der Waals surface area contributed by atoms with Crippen molar-refractivity contribution < 1.29 is 9.72 Å². The molecule has 0 aromatic heterocycles. The molecule has 1 aromatic carbocycles. The smallest absolute Gasteiger partial charge is 0.293 e. The SMILES string of the molecule is CNc1ccc(C(=O)NCC2CC2)cc1[N+](=O)[O-]. The van der Waals surface area contributed by atoms with E-state index < -0.39 is 4.92 Å². The predicted octanol–water partition coefficient (Wildman–Crippen LogP) is 1.78. The predicted molar refractivity (Wildman–Crippen MR) is 67.7 cm³/mol. The summed E-state index contributed by atoms with van der Waals surface area (Å²) in [5, 5.41) is 16.4. The summed E-state index contributed by atoms with van der Waals surface area (Å²) >= 11 is 0. The van der Waals surface area contributed by atoms with Crippen LogP contribution in [0, 0.1) is 16.0 Å². The van der Waals surface area contributed by atoms with Crippen LogP contribution in [0.2, 0.25) is 0 Å². The molecule has 0 heterocycles. The summed E-state index contributed by atoms with van der Waals surface area (Å²) in [5.74, 6) is 0.327. The van der Waals surface area contributed by atoms with Crippen LogP contribution in [-0.4, -0.2) is 24.4 Å². The Morgan fingerprint density at radius 2 is 2.22 bits per heavy atom.